The lowest BCUT2D eigenvalue weighted by atomic mass is 10.0. The summed E-state index contributed by atoms with van der Waals surface area (Å²) in [6.45, 7) is 3.08. The van der Waals surface area contributed by atoms with E-state index in [9.17, 15) is 5.11 Å². The Bertz CT molecular complexity index is 282. The molecule has 1 saturated carbocycles. The molecule has 0 aromatic heterocycles. The van der Waals surface area contributed by atoms with Gasteiger partial charge in [0.15, 0.2) is 6.29 Å². The van der Waals surface area contributed by atoms with E-state index in [1.165, 1.54) is 57.8 Å². The van der Waals surface area contributed by atoms with Gasteiger partial charge in [0.25, 0.3) is 0 Å². The van der Waals surface area contributed by atoms with Crippen LogP contribution < -0.4 is 0 Å². The van der Waals surface area contributed by atoms with E-state index in [0.717, 1.165) is 38.7 Å². The first-order valence-electron chi connectivity index (χ1n) is 9.74. The molecule has 0 amide bonds. The summed E-state index contributed by atoms with van der Waals surface area (Å²) >= 11 is 0. The Balaban J connectivity index is 1.57. The van der Waals surface area contributed by atoms with Crippen molar-refractivity contribution >= 4 is 0 Å². The second-order valence-electron chi connectivity index (χ2n) is 7.29. The van der Waals surface area contributed by atoms with Crippen molar-refractivity contribution < 1.29 is 14.6 Å². The molecular formula is C19H36O3. The van der Waals surface area contributed by atoms with Gasteiger partial charge in [-0.25, -0.2) is 0 Å². The van der Waals surface area contributed by atoms with Gasteiger partial charge in [-0.2, -0.15) is 0 Å². The minimum atomic E-state index is -0.540. The number of rotatable bonds is 12. The summed E-state index contributed by atoms with van der Waals surface area (Å²) in [5.41, 5.74) is -0.540. The van der Waals surface area contributed by atoms with Crippen LogP contribution in [0.3, 0.4) is 0 Å². The molecule has 2 rings (SSSR count). The molecule has 22 heavy (non-hydrogen) atoms. The molecule has 1 aliphatic heterocycles. The summed E-state index contributed by atoms with van der Waals surface area (Å²) < 4.78 is 11.8. The first kappa shape index (κ1) is 18.2. The second kappa shape index (κ2) is 9.89. The Hall–Kier alpha value is -0.120. The fourth-order valence-corrected chi connectivity index (χ4v) is 3.38. The largest absolute Gasteiger partial charge is 0.387 e. The molecule has 0 aromatic rings. The lowest BCUT2D eigenvalue weighted by Crippen LogP contribution is -2.37. The Kier molecular flexibility index (Phi) is 8.19. The molecule has 2 fully saturated rings. The van der Waals surface area contributed by atoms with E-state index in [2.05, 4.69) is 6.92 Å². The Morgan fingerprint density at radius 2 is 1.73 bits per heavy atom. The van der Waals surface area contributed by atoms with Crippen LogP contribution in [0.5, 0.6) is 0 Å². The Morgan fingerprint density at radius 1 is 1.05 bits per heavy atom. The maximum Gasteiger partial charge on any atom is 0.158 e. The van der Waals surface area contributed by atoms with Gasteiger partial charge in [0.2, 0.25) is 0 Å². The van der Waals surface area contributed by atoms with Crippen molar-refractivity contribution in [2.75, 3.05) is 6.61 Å². The average Bonchev–Trinajstić information content (AvgIpc) is 3.28. The highest BCUT2D eigenvalue weighted by molar-refractivity contribution is 5.00. The smallest absolute Gasteiger partial charge is 0.158 e. The van der Waals surface area contributed by atoms with E-state index in [-0.39, 0.29) is 12.4 Å². The third kappa shape index (κ3) is 6.55. The number of aliphatic hydroxyl groups is 1. The molecule has 2 atom stereocenters. The average molecular weight is 312 g/mol. The van der Waals surface area contributed by atoms with Crippen molar-refractivity contribution in [3.8, 4) is 0 Å². The highest BCUT2D eigenvalue weighted by atomic mass is 16.7. The second-order valence-corrected chi connectivity index (χ2v) is 7.29. The number of ether oxygens (including phenoxy) is 2. The van der Waals surface area contributed by atoms with Gasteiger partial charge in [-0.15, -0.1) is 0 Å². The number of hydrogen-bond donors (Lipinski definition) is 1. The van der Waals surface area contributed by atoms with Crippen LogP contribution in [0.15, 0.2) is 0 Å². The fraction of sp³-hybridized carbons (Fsp3) is 1.00. The molecule has 2 aliphatic rings. The highest BCUT2D eigenvalue weighted by Crippen LogP contribution is 2.42. The van der Waals surface area contributed by atoms with Crippen molar-refractivity contribution in [3.63, 3.8) is 0 Å². The normalized spacial score (nSPS) is 25.1. The lowest BCUT2D eigenvalue weighted by molar-refractivity contribution is -0.213. The summed E-state index contributed by atoms with van der Waals surface area (Å²) in [7, 11) is 0. The molecule has 0 bridgehead atoms. The minimum absolute atomic E-state index is 0.00399. The molecule has 0 spiro atoms. The van der Waals surface area contributed by atoms with Crippen molar-refractivity contribution in [2.45, 2.75) is 115 Å². The van der Waals surface area contributed by atoms with Crippen LogP contribution in [0.1, 0.15) is 96.8 Å². The summed E-state index contributed by atoms with van der Waals surface area (Å²) in [6, 6.07) is 0. The standard InChI is InChI=1S/C19H36O3/c1-2-3-4-5-6-7-8-9-12-17(19(20)14-15-19)22-18-13-10-11-16-21-18/h17-18,20H,2-16H2,1H3. The minimum Gasteiger partial charge on any atom is -0.387 e. The molecule has 1 aliphatic carbocycles. The molecule has 1 heterocycles. The van der Waals surface area contributed by atoms with Crippen LogP contribution in [0.4, 0.5) is 0 Å². The fourth-order valence-electron chi connectivity index (χ4n) is 3.38. The third-order valence-corrected chi connectivity index (χ3v) is 5.14. The van der Waals surface area contributed by atoms with Crippen LogP contribution in [0, 0.1) is 0 Å². The van der Waals surface area contributed by atoms with Gasteiger partial charge in [-0.3, -0.25) is 0 Å². The molecule has 0 aromatic carbocycles. The van der Waals surface area contributed by atoms with Crippen molar-refractivity contribution in [1.82, 2.24) is 0 Å². The first-order valence-corrected chi connectivity index (χ1v) is 9.74. The molecule has 3 nitrogen and oxygen atoms in total. The van der Waals surface area contributed by atoms with Crippen LogP contribution in [-0.4, -0.2) is 29.7 Å². The zero-order chi connectivity index (χ0) is 15.7. The van der Waals surface area contributed by atoms with E-state index >= 15 is 0 Å². The molecule has 1 N–H and O–H groups in total. The zero-order valence-electron chi connectivity index (χ0n) is 14.5. The summed E-state index contributed by atoms with van der Waals surface area (Å²) in [5.74, 6) is 0. The van der Waals surface area contributed by atoms with Crippen molar-refractivity contribution in [3.05, 3.63) is 0 Å². The van der Waals surface area contributed by atoms with E-state index in [1.54, 1.807) is 0 Å². The highest BCUT2D eigenvalue weighted by Gasteiger charge is 2.49. The maximum absolute atomic E-state index is 10.4. The van der Waals surface area contributed by atoms with E-state index in [1.807, 2.05) is 0 Å². The number of unbranched alkanes of at least 4 members (excludes halogenated alkanes) is 7. The van der Waals surface area contributed by atoms with E-state index in [4.69, 9.17) is 9.47 Å². The molecule has 2 unspecified atom stereocenters. The molecule has 1 saturated heterocycles. The molecule has 130 valence electrons. The zero-order valence-corrected chi connectivity index (χ0v) is 14.5. The predicted octanol–water partition coefficient (Wildman–Crippen LogP) is 4.95. The van der Waals surface area contributed by atoms with Crippen LogP contribution in [-0.2, 0) is 9.47 Å². The molecular weight excluding hydrogens is 276 g/mol. The summed E-state index contributed by atoms with van der Waals surface area (Å²) in [6.07, 6.45) is 16.7. The van der Waals surface area contributed by atoms with Gasteiger partial charge in [0, 0.05) is 6.61 Å². The van der Waals surface area contributed by atoms with Gasteiger partial charge in [-0.05, 0) is 38.5 Å². The van der Waals surface area contributed by atoms with Crippen molar-refractivity contribution in [1.29, 1.82) is 0 Å². The summed E-state index contributed by atoms with van der Waals surface area (Å²) in [5, 5.41) is 10.4. The topological polar surface area (TPSA) is 38.7 Å². The summed E-state index contributed by atoms with van der Waals surface area (Å²) in [4.78, 5) is 0. The number of hydrogen-bond acceptors (Lipinski definition) is 3. The van der Waals surface area contributed by atoms with Gasteiger partial charge < -0.3 is 14.6 Å². The van der Waals surface area contributed by atoms with E-state index in [0.29, 0.717) is 0 Å². The quantitative estimate of drug-likeness (QED) is 0.518. The lowest BCUT2D eigenvalue weighted by Gasteiger charge is -2.30. The maximum atomic E-state index is 10.4. The van der Waals surface area contributed by atoms with Crippen LogP contribution in [0.25, 0.3) is 0 Å². The first-order chi connectivity index (χ1) is 10.7. The van der Waals surface area contributed by atoms with Crippen LogP contribution in [0.2, 0.25) is 0 Å². The van der Waals surface area contributed by atoms with Gasteiger partial charge in [0.05, 0.1) is 11.7 Å². The SMILES string of the molecule is CCCCCCCCCCC(OC1CCCCO1)C1(O)CC1. The molecule has 3 heteroatoms. The van der Waals surface area contributed by atoms with Gasteiger partial charge >= 0.3 is 0 Å². The van der Waals surface area contributed by atoms with Crippen molar-refractivity contribution in [2.24, 2.45) is 0 Å². The molecule has 0 radical (unpaired) electrons. The van der Waals surface area contributed by atoms with Gasteiger partial charge in [0.1, 0.15) is 0 Å². The third-order valence-electron chi connectivity index (χ3n) is 5.14. The monoisotopic (exact) mass is 312 g/mol. The van der Waals surface area contributed by atoms with Gasteiger partial charge in [-0.1, -0.05) is 58.3 Å². The van der Waals surface area contributed by atoms with E-state index < -0.39 is 5.60 Å². The Morgan fingerprint density at radius 3 is 2.32 bits per heavy atom. The van der Waals surface area contributed by atoms with Crippen LogP contribution >= 0.6 is 0 Å². The predicted molar refractivity (Wildman–Crippen MR) is 89.9 cm³/mol. The Labute approximate surface area is 136 Å².